The molecule has 1 heterocycles. The van der Waals surface area contributed by atoms with Crippen LogP contribution < -0.4 is 10.3 Å². The van der Waals surface area contributed by atoms with Gasteiger partial charge in [-0.25, -0.2) is 0 Å². The molecule has 0 bridgehead atoms. The van der Waals surface area contributed by atoms with Crippen LogP contribution >= 0.6 is 0 Å². The summed E-state index contributed by atoms with van der Waals surface area (Å²) in [7, 11) is 0. The first kappa shape index (κ1) is 13.9. The monoisotopic (exact) mass is 291 g/mol. The van der Waals surface area contributed by atoms with Gasteiger partial charge in [0, 0.05) is 28.6 Å². The summed E-state index contributed by atoms with van der Waals surface area (Å²) in [4.78, 5) is 23.6. The van der Waals surface area contributed by atoms with Gasteiger partial charge in [-0.1, -0.05) is 30.3 Å². The van der Waals surface area contributed by atoms with Gasteiger partial charge in [0.25, 0.3) is 0 Å². The number of pyridine rings is 1. The minimum Gasteiger partial charge on any atom is -0.366 e. The van der Waals surface area contributed by atoms with Crippen LogP contribution in [-0.2, 0) is 6.54 Å². The Morgan fingerprint density at radius 2 is 1.68 bits per heavy atom. The molecule has 0 aliphatic rings. The highest BCUT2D eigenvalue weighted by Gasteiger charge is 2.15. The predicted molar refractivity (Wildman–Crippen MR) is 83.4 cm³/mol. The highest BCUT2D eigenvalue weighted by Crippen LogP contribution is 2.12. The third kappa shape index (κ3) is 2.72. The van der Waals surface area contributed by atoms with Gasteiger partial charge in [0.2, 0.25) is 23.8 Å². The third-order valence-corrected chi connectivity index (χ3v) is 3.57. The van der Waals surface area contributed by atoms with Gasteiger partial charge < -0.3 is 5.73 Å². The van der Waals surface area contributed by atoms with E-state index in [-0.39, 0.29) is 12.3 Å². The van der Waals surface area contributed by atoms with E-state index in [0.717, 1.165) is 10.9 Å². The number of rotatable bonds is 4. The number of aromatic nitrogens is 1. The van der Waals surface area contributed by atoms with E-state index in [4.69, 9.17) is 5.73 Å². The molecule has 0 aliphatic heterocycles. The zero-order chi connectivity index (χ0) is 15.5. The number of primary amides is 1. The molecule has 0 radical (unpaired) electrons. The fraction of sp³-hybridized carbons (Fsp3) is 0.0556. The Kier molecular flexibility index (Phi) is 3.66. The number of hydrogen-bond acceptors (Lipinski definition) is 2. The zero-order valence-corrected chi connectivity index (χ0v) is 11.9. The van der Waals surface area contributed by atoms with Crippen LogP contribution in [0.4, 0.5) is 0 Å². The van der Waals surface area contributed by atoms with Crippen LogP contribution in [0.1, 0.15) is 20.7 Å². The Bertz CT molecular complexity index is 857. The van der Waals surface area contributed by atoms with Crippen LogP contribution in [0.15, 0.2) is 66.9 Å². The molecule has 0 aliphatic carbocycles. The number of ketones is 1. The van der Waals surface area contributed by atoms with Gasteiger partial charge in [0.1, 0.15) is 0 Å². The lowest BCUT2D eigenvalue weighted by Gasteiger charge is -2.03. The van der Waals surface area contributed by atoms with E-state index >= 15 is 0 Å². The Hall–Kier alpha value is -3.01. The second-order valence-electron chi connectivity index (χ2n) is 5.06. The summed E-state index contributed by atoms with van der Waals surface area (Å²) in [6.07, 6.45) is 1.85. The third-order valence-electron chi connectivity index (χ3n) is 3.57. The normalized spacial score (nSPS) is 10.5. The summed E-state index contributed by atoms with van der Waals surface area (Å²) in [6.45, 7) is 0.247. The van der Waals surface area contributed by atoms with Gasteiger partial charge >= 0.3 is 0 Å². The molecule has 0 saturated heterocycles. The molecular weight excluding hydrogens is 276 g/mol. The minimum atomic E-state index is -0.460. The second kappa shape index (κ2) is 5.77. The average molecular weight is 291 g/mol. The second-order valence-corrected chi connectivity index (χ2v) is 5.06. The quantitative estimate of drug-likeness (QED) is 0.591. The van der Waals surface area contributed by atoms with Crippen molar-refractivity contribution in [2.24, 2.45) is 5.73 Å². The van der Waals surface area contributed by atoms with Gasteiger partial charge in [-0.3, -0.25) is 9.59 Å². The molecule has 3 aromatic rings. The summed E-state index contributed by atoms with van der Waals surface area (Å²) in [5.74, 6) is -0.422. The van der Waals surface area contributed by atoms with E-state index in [0.29, 0.717) is 11.1 Å². The maximum Gasteiger partial charge on any atom is 0.248 e. The van der Waals surface area contributed by atoms with Gasteiger partial charge in [0.05, 0.1) is 0 Å². The van der Waals surface area contributed by atoms with Gasteiger partial charge in [0.15, 0.2) is 6.20 Å². The maximum atomic E-state index is 12.3. The smallest absolute Gasteiger partial charge is 0.248 e. The summed E-state index contributed by atoms with van der Waals surface area (Å²) >= 11 is 0. The first-order valence-electron chi connectivity index (χ1n) is 6.95. The fourth-order valence-electron chi connectivity index (χ4n) is 2.44. The summed E-state index contributed by atoms with van der Waals surface area (Å²) in [5.41, 5.74) is 7.32. The number of amides is 1. The molecule has 0 saturated carbocycles. The van der Waals surface area contributed by atoms with Crippen molar-refractivity contribution in [3.63, 3.8) is 0 Å². The highest BCUT2D eigenvalue weighted by atomic mass is 16.1. The molecule has 22 heavy (non-hydrogen) atoms. The van der Waals surface area contributed by atoms with E-state index < -0.39 is 5.91 Å². The van der Waals surface area contributed by atoms with Crippen LogP contribution in [0.25, 0.3) is 10.9 Å². The van der Waals surface area contributed by atoms with Crippen molar-refractivity contribution in [2.75, 3.05) is 0 Å². The van der Waals surface area contributed by atoms with Crippen molar-refractivity contribution in [2.45, 2.75) is 6.54 Å². The minimum absolute atomic E-state index is 0.0390. The largest absolute Gasteiger partial charge is 0.366 e. The lowest BCUT2D eigenvalue weighted by atomic mass is 10.1. The average Bonchev–Trinajstić information content (AvgIpc) is 2.55. The first-order valence-corrected chi connectivity index (χ1v) is 6.95. The van der Waals surface area contributed by atoms with Crippen LogP contribution in [0.3, 0.4) is 0 Å². The number of Topliss-reactive ketones (excluding diaryl/α,β-unsaturated/α-hetero) is 1. The van der Waals surface area contributed by atoms with Gasteiger partial charge in [-0.15, -0.1) is 0 Å². The molecule has 0 unspecified atom stereocenters. The molecule has 108 valence electrons. The summed E-state index contributed by atoms with van der Waals surface area (Å²) < 4.78 is 1.87. The Morgan fingerprint density at radius 3 is 2.41 bits per heavy atom. The molecule has 1 aromatic heterocycles. The van der Waals surface area contributed by atoms with Crippen molar-refractivity contribution < 1.29 is 14.2 Å². The van der Waals surface area contributed by atoms with Crippen molar-refractivity contribution >= 4 is 22.6 Å². The van der Waals surface area contributed by atoms with Crippen LogP contribution in [0.5, 0.6) is 0 Å². The molecule has 4 nitrogen and oxygen atoms in total. The van der Waals surface area contributed by atoms with E-state index in [1.807, 2.05) is 47.2 Å². The first-order chi connectivity index (χ1) is 10.6. The summed E-state index contributed by atoms with van der Waals surface area (Å²) in [6, 6.07) is 18.2. The molecule has 4 heteroatoms. The molecule has 0 spiro atoms. The number of benzene rings is 2. The van der Waals surface area contributed by atoms with Crippen molar-refractivity contribution in [3.8, 4) is 0 Å². The van der Waals surface area contributed by atoms with Crippen LogP contribution in [0, 0.1) is 0 Å². The number of hydrogen-bond donors (Lipinski definition) is 1. The van der Waals surface area contributed by atoms with Crippen molar-refractivity contribution in [1.29, 1.82) is 0 Å². The zero-order valence-electron chi connectivity index (χ0n) is 11.9. The SMILES string of the molecule is NC(=O)c1ccc2c(ccc[n+]2CC(=O)c2ccccc2)c1. The topological polar surface area (TPSA) is 64.0 Å². The fourth-order valence-corrected chi connectivity index (χ4v) is 2.44. The van der Waals surface area contributed by atoms with E-state index in [2.05, 4.69) is 0 Å². The Morgan fingerprint density at radius 1 is 0.909 bits per heavy atom. The van der Waals surface area contributed by atoms with E-state index in [9.17, 15) is 9.59 Å². The Labute approximate surface area is 127 Å². The maximum absolute atomic E-state index is 12.3. The van der Waals surface area contributed by atoms with E-state index in [1.165, 1.54) is 0 Å². The number of nitrogens with two attached hydrogens (primary N) is 1. The Balaban J connectivity index is 1.97. The molecule has 0 atom stereocenters. The predicted octanol–water partition coefficient (Wildman–Crippen LogP) is 2.11. The van der Waals surface area contributed by atoms with Gasteiger partial charge in [-0.05, 0) is 18.2 Å². The van der Waals surface area contributed by atoms with Gasteiger partial charge in [-0.2, -0.15) is 4.57 Å². The lowest BCUT2D eigenvalue weighted by Crippen LogP contribution is -2.38. The molecule has 1 amide bonds. The molecular formula is C18H15N2O2+. The van der Waals surface area contributed by atoms with Crippen LogP contribution in [0.2, 0.25) is 0 Å². The standard InChI is InChI=1S/C18H14N2O2/c19-18(22)15-8-9-16-14(11-15)7-4-10-20(16)12-17(21)13-5-2-1-3-6-13/h1-11H,12H2,(H-,19,22)/p+1. The number of nitrogens with zero attached hydrogens (tertiary/aromatic N) is 1. The number of carbonyl (C=O) groups excluding carboxylic acids is 2. The highest BCUT2D eigenvalue weighted by molar-refractivity contribution is 5.97. The van der Waals surface area contributed by atoms with Crippen molar-refractivity contribution in [3.05, 3.63) is 78.0 Å². The molecule has 2 aromatic carbocycles. The van der Waals surface area contributed by atoms with Crippen LogP contribution in [-0.4, -0.2) is 11.7 Å². The molecule has 0 fully saturated rings. The number of fused-ring (bicyclic) bond motifs is 1. The molecule has 2 N–H and O–H groups in total. The van der Waals surface area contributed by atoms with E-state index in [1.54, 1.807) is 24.3 Å². The van der Waals surface area contributed by atoms with Crippen molar-refractivity contribution in [1.82, 2.24) is 0 Å². The number of carbonyl (C=O) groups is 2. The lowest BCUT2D eigenvalue weighted by molar-refractivity contribution is -0.657. The molecule has 3 rings (SSSR count). The summed E-state index contributed by atoms with van der Waals surface area (Å²) in [5, 5.41) is 0.875.